The second-order valence-corrected chi connectivity index (χ2v) is 16.5. The summed E-state index contributed by atoms with van der Waals surface area (Å²) in [4.78, 5) is 70.1. The van der Waals surface area contributed by atoms with Crippen molar-refractivity contribution in [1.82, 2.24) is 19.4 Å². The summed E-state index contributed by atoms with van der Waals surface area (Å²) in [6.07, 6.45) is -0.633. The summed E-state index contributed by atoms with van der Waals surface area (Å²) in [5.74, 6) is -2.58. The maximum absolute atomic E-state index is 14.7. The number of hydrogen-bond acceptors (Lipinski definition) is 11. The second kappa shape index (κ2) is 20.1. The Morgan fingerprint density at radius 1 is 0.767 bits per heavy atom. The molecule has 2 aliphatic rings. The third kappa shape index (κ3) is 10.9. The number of carbonyl (C=O) groups excluding carboxylic acids is 5. The Kier molecular flexibility index (Phi) is 14.5. The van der Waals surface area contributed by atoms with Crippen LogP contribution in [0.1, 0.15) is 35.1 Å². The van der Waals surface area contributed by atoms with Gasteiger partial charge in [0.05, 0.1) is 12.0 Å². The van der Waals surface area contributed by atoms with Gasteiger partial charge in [0.2, 0.25) is 5.91 Å². The molecule has 6 rings (SSSR count). The first-order valence-electron chi connectivity index (χ1n) is 19.7. The lowest BCUT2D eigenvalue weighted by Gasteiger charge is -2.38. The van der Waals surface area contributed by atoms with Crippen LogP contribution in [0.25, 0.3) is 0 Å². The number of amides is 4. The SMILES string of the molecule is COC(=O)[C@H](Cc1ccc(NC(=O)C2CCN(C(=O)OCc3ccccc3)CC2)cc1)N(C(=O)C1CNCCN1C(=O)OCc1ccccc1)S(=O)(=O)c1ccc(C)cc1. The number of anilines is 1. The summed E-state index contributed by atoms with van der Waals surface area (Å²) >= 11 is 0. The average molecular weight is 840 g/mol. The van der Waals surface area contributed by atoms with Gasteiger partial charge in [0.1, 0.15) is 25.3 Å². The van der Waals surface area contributed by atoms with E-state index < -0.39 is 46.2 Å². The van der Waals surface area contributed by atoms with Gasteiger partial charge in [-0.15, -0.1) is 0 Å². The van der Waals surface area contributed by atoms with Crippen LogP contribution in [0.15, 0.2) is 114 Å². The van der Waals surface area contributed by atoms with E-state index in [2.05, 4.69) is 10.6 Å². The number of benzene rings is 4. The zero-order valence-electron chi connectivity index (χ0n) is 33.5. The molecule has 15 nitrogen and oxygen atoms in total. The number of ether oxygens (including phenoxy) is 3. The summed E-state index contributed by atoms with van der Waals surface area (Å²) in [6, 6.07) is 27.7. The zero-order valence-corrected chi connectivity index (χ0v) is 34.3. The number of piperidine rings is 1. The van der Waals surface area contributed by atoms with E-state index in [1.807, 2.05) is 36.4 Å². The summed E-state index contributed by atoms with van der Waals surface area (Å²) in [6.45, 7) is 2.87. The highest BCUT2D eigenvalue weighted by Crippen LogP contribution is 2.27. The molecule has 2 saturated heterocycles. The first kappa shape index (κ1) is 43.3. The lowest BCUT2D eigenvalue weighted by molar-refractivity contribution is -0.150. The molecule has 0 saturated carbocycles. The van der Waals surface area contributed by atoms with E-state index in [0.29, 0.717) is 48.0 Å². The topological polar surface area (TPSA) is 181 Å². The maximum atomic E-state index is 14.7. The zero-order chi connectivity index (χ0) is 42.6. The largest absolute Gasteiger partial charge is 0.467 e. The normalized spacial score (nSPS) is 16.3. The van der Waals surface area contributed by atoms with Crippen molar-refractivity contribution in [3.05, 3.63) is 131 Å². The number of nitrogens with one attached hydrogen (secondary N) is 2. The molecule has 0 radical (unpaired) electrons. The van der Waals surface area contributed by atoms with Crippen molar-refractivity contribution in [1.29, 1.82) is 0 Å². The Morgan fingerprint density at radius 2 is 1.35 bits per heavy atom. The Balaban J connectivity index is 1.16. The van der Waals surface area contributed by atoms with Crippen molar-refractivity contribution < 1.29 is 46.6 Å². The Hall–Kier alpha value is -6.26. The van der Waals surface area contributed by atoms with Crippen LogP contribution < -0.4 is 10.6 Å². The standard InChI is InChI=1S/C44H49N5O10S/c1-31-13-19-37(20-14-31)60(55,56)49(41(51)39-28-45-23-26-48(39)44(54)59-30-34-11-7-4-8-12-34)38(42(52)57-2)27-32-15-17-36(18-16-32)46-40(50)35-21-24-47(25-22-35)43(53)58-29-33-9-5-3-6-10-33/h3-20,35,38-39,45H,21-30H2,1-2H3,(H,46,50)/t38-,39?/m0/s1. The van der Waals surface area contributed by atoms with E-state index >= 15 is 0 Å². The molecule has 4 aromatic carbocycles. The highest BCUT2D eigenvalue weighted by atomic mass is 32.2. The molecule has 0 aromatic heterocycles. The van der Waals surface area contributed by atoms with Gasteiger partial charge in [0.25, 0.3) is 15.9 Å². The summed E-state index contributed by atoms with van der Waals surface area (Å²) < 4.78 is 45.6. The van der Waals surface area contributed by atoms with E-state index in [1.54, 1.807) is 72.5 Å². The molecule has 0 spiro atoms. The molecule has 0 aliphatic carbocycles. The second-order valence-electron chi connectivity index (χ2n) is 14.6. The quantitative estimate of drug-likeness (QED) is 0.138. The minimum Gasteiger partial charge on any atom is -0.467 e. The van der Waals surface area contributed by atoms with Gasteiger partial charge in [-0.25, -0.2) is 27.1 Å². The van der Waals surface area contributed by atoms with Crippen molar-refractivity contribution in [2.75, 3.05) is 45.2 Å². The Labute approximate surface area is 349 Å². The summed E-state index contributed by atoms with van der Waals surface area (Å²) in [5, 5.41) is 5.96. The molecule has 4 aromatic rings. The minimum atomic E-state index is -4.72. The first-order chi connectivity index (χ1) is 28.9. The van der Waals surface area contributed by atoms with Gasteiger partial charge in [0, 0.05) is 50.7 Å². The van der Waals surface area contributed by atoms with E-state index in [1.165, 1.54) is 17.0 Å². The highest BCUT2D eigenvalue weighted by Gasteiger charge is 2.46. The van der Waals surface area contributed by atoms with Crippen LogP contribution >= 0.6 is 0 Å². The van der Waals surface area contributed by atoms with Crippen LogP contribution in [0.5, 0.6) is 0 Å². The van der Waals surface area contributed by atoms with Crippen molar-refractivity contribution >= 4 is 45.7 Å². The summed E-state index contributed by atoms with van der Waals surface area (Å²) in [7, 11) is -3.62. The molecular weight excluding hydrogens is 791 g/mol. The third-order valence-corrected chi connectivity index (χ3v) is 12.3. The number of nitrogens with zero attached hydrogens (tertiary/aromatic N) is 3. The number of aryl methyl sites for hydroxylation is 1. The molecule has 4 amide bonds. The molecule has 60 heavy (non-hydrogen) atoms. The van der Waals surface area contributed by atoms with E-state index in [0.717, 1.165) is 23.8 Å². The number of likely N-dealkylation sites (tertiary alicyclic amines) is 1. The lowest BCUT2D eigenvalue weighted by atomic mass is 9.96. The minimum absolute atomic E-state index is 0.0406. The average Bonchev–Trinajstić information content (AvgIpc) is 3.28. The van der Waals surface area contributed by atoms with Crippen LogP contribution in [-0.2, 0) is 58.3 Å². The number of methoxy groups -OCH3 is 1. The van der Waals surface area contributed by atoms with Gasteiger partial charge in [-0.3, -0.25) is 14.5 Å². The molecule has 0 bridgehead atoms. The third-order valence-electron chi connectivity index (χ3n) is 10.5. The van der Waals surface area contributed by atoms with Crippen LogP contribution in [0.2, 0.25) is 0 Å². The van der Waals surface area contributed by atoms with Gasteiger partial charge in [0.15, 0.2) is 0 Å². The highest BCUT2D eigenvalue weighted by molar-refractivity contribution is 7.89. The van der Waals surface area contributed by atoms with Crippen LogP contribution in [-0.4, -0.2) is 104 Å². The van der Waals surface area contributed by atoms with Crippen molar-refractivity contribution in [3.63, 3.8) is 0 Å². The van der Waals surface area contributed by atoms with Crippen molar-refractivity contribution in [2.24, 2.45) is 5.92 Å². The monoisotopic (exact) mass is 839 g/mol. The molecule has 2 fully saturated rings. The number of esters is 1. The predicted octanol–water partition coefficient (Wildman–Crippen LogP) is 4.89. The van der Waals surface area contributed by atoms with E-state index in [9.17, 15) is 32.4 Å². The molecule has 2 atom stereocenters. The molecular formula is C44H49N5O10S. The fourth-order valence-electron chi connectivity index (χ4n) is 7.08. The number of carbonyl (C=O) groups is 5. The van der Waals surface area contributed by atoms with E-state index in [-0.39, 0.29) is 49.4 Å². The van der Waals surface area contributed by atoms with Crippen molar-refractivity contribution in [3.8, 4) is 0 Å². The van der Waals surface area contributed by atoms with Crippen LogP contribution in [0.4, 0.5) is 15.3 Å². The molecule has 316 valence electrons. The van der Waals surface area contributed by atoms with Gasteiger partial charge in [-0.2, -0.15) is 0 Å². The smallest absolute Gasteiger partial charge is 0.410 e. The Morgan fingerprint density at radius 3 is 1.93 bits per heavy atom. The van der Waals surface area contributed by atoms with Gasteiger partial charge < -0.3 is 29.7 Å². The van der Waals surface area contributed by atoms with Gasteiger partial charge >= 0.3 is 18.2 Å². The van der Waals surface area contributed by atoms with Gasteiger partial charge in [-0.05, 0) is 60.7 Å². The summed E-state index contributed by atoms with van der Waals surface area (Å²) in [5.41, 5.74) is 3.30. The molecule has 2 N–H and O–H groups in total. The first-order valence-corrected chi connectivity index (χ1v) is 21.1. The number of piperazine rings is 1. The molecule has 16 heteroatoms. The molecule has 2 aliphatic heterocycles. The number of hydrogen-bond donors (Lipinski definition) is 2. The van der Waals surface area contributed by atoms with Crippen LogP contribution in [0, 0.1) is 12.8 Å². The predicted molar refractivity (Wildman–Crippen MR) is 221 cm³/mol. The Bertz CT molecular complexity index is 2220. The fraction of sp³-hybridized carbons (Fsp3) is 0.341. The van der Waals surface area contributed by atoms with Gasteiger partial charge in [-0.1, -0.05) is 90.5 Å². The molecule has 1 unspecified atom stereocenters. The maximum Gasteiger partial charge on any atom is 0.410 e. The number of sulfonamides is 1. The fourth-order valence-corrected chi connectivity index (χ4v) is 8.64. The van der Waals surface area contributed by atoms with Crippen molar-refractivity contribution in [2.45, 2.75) is 56.4 Å². The molecule has 2 heterocycles. The lowest BCUT2D eigenvalue weighted by Crippen LogP contribution is -2.63. The van der Waals surface area contributed by atoms with E-state index in [4.69, 9.17) is 14.2 Å². The van der Waals surface area contributed by atoms with Crippen LogP contribution in [0.3, 0.4) is 0 Å². The number of rotatable bonds is 13.